The molecule has 0 spiro atoms. The average Bonchev–Trinajstić information content (AvgIpc) is 3.20. The molecule has 23 heavy (non-hydrogen) atoms. The average molecular weight is 312 g/mol. The molecule has 0 aromatic carbocycles. The van der Waals surface area contributed by atoms with E-state index >= 15 is 0 Å². The summed E-state index contributed by atoms with van der Waals surface area (Å²) in [4.78, 5) is 13.0. The van der Waals surface area contributed by atoms with E-state index < -0.39 is 0 Å². The number of rotatable bonds is 4. The van der Waals surface area contributed by atoms with Gasteiger partial charge in [-0.25, -0.2) is 9.97 Å². The van der Waals surface area contributed by atoms with E-state index in [0.717, 1.165) is 43.0 Å². The maximum Gasteiger partial charge on any atom is 0.293 e. The summed E-state index contributed by atoms with van der Waals surface area (Å²) in [6.45, 7) is 2.31. The highest BCUT2D eigenvalue weighted by atomic mass is 16.5. The third kappa shape index (κ3) is 2.93. The Morgan fingerprint density at radius 3 is 3.09 bits per heavy atom. The molecule has 0 unspecified atom stereocenters. The maximum atomic E-state index is 5.24. The minimum absolute atomic E-state index is 0.373. The molecule has 4 heterocycles. The van der Waals surface area contributed by atoms with Crippen LogP contribution in [0, 0.1) is 0 Å². The number of fused-ring (bicyclic) bond motifs is 1. The zero-order chi connectivity index (χ0) is 15.5. The van der Waals surface area contributed by atoms with Gasteiger partial charge in [-0.1, -0.05) is 5.16 Å². The normalized spacial score (nSPS) is 14.3. The molecular weight excluding hydrogens is 296 g/mol. The molecule has 2 N–H and O–H groups in total. The van der Waals surface area contributed by atoms with Gasteiger partial charge in [-0.3, -0.25) is 0 Å². The molecule has 0 atom stereocenters. The van der Waals surface area contributed by atoms with Crippen molar-refractivity contribution in [2.75, 3.05) is 18.4 Å². The molecule has 3 aromatic rings. The van der Waals surface area contributed by atoms with Gasteiger partial charge in [0.2, 0.25) is 0 Å². The summed E-state index contributed by atoms with van der Waals surface area (Å²) >= 11 is 0. The van der Waals surface area contributed by atoms with Gasteiger partial charge in [-0.2, -0.15) is 4.98 Å². The van der Waals surface area contributed by atoms with Crippen molar-refractivity contribution in [3.8, 4) is 11.7 Å². The van der Waals surface area contributed by atoms with Crippen molar-refractivity contribution < 1.29 is 8.94 Å². The molecule has 0 bridgehead atoms. The fourth-order valence-electron chi connectivity index (χ4n) is 2.61. The van der Waals surface area contributed by atoms with Crippen LogP contribution < -0.4 is 10.6 Å². The molecule has 3 aromatic heterocycles. The minimum Gasteiger partial charge on any atom is -0.459 e. The summed E-state index contributed by atoms with van der Waals surface area (Å²) < 4.78 is 10.4. The van der Waals surface area contributed by atoms with Crippen LogP contribution in [0.1, 0.15) is 17.1 Å². The highest BCUT2D eigenvalue weighted by Crippen LogP contribution is 2.20. The molecule has 0 amide bonds. The van der Waals surface area contributed by atoms with Crippen LogP contribution in [0.4, 0.5) is 5.82 Å². The summed E-state index contributed by atoms with van der Waals surface area (Å²) in [6.07, 6.45) is 4.98. The zero-order valence-corrected chi connectivity index (χ0v) is 12.5. The summed E-state index contributed by atoms with van der Waals surface area (Å²) in [5.74, 6) is 2.32. The third-order valence-electron chi connectivity index (χ3n) is 3.74. The van der Waals surface area contributed by atoms with Crippen molar-refractivity contribution in [2.45, 2.75) is 19.4 Å². The fourth-order valence-corrected chi connectivity index (χ4v) is 2.61. The number of hydrogen-bond donors (Lipinski definition) is 2. The molecule has 0 saturated carbocycles. The van der Waals surface area contributed by atoms with Gasteiger partial charge in [0, 0.05) is 18.5 Å². The van der Waals surface area contributed by atoms with Crippen LogP contribution in [-0.4, -0.2) is 33.2 Å². The molecule has 0 aliphatic carbocycles. The lowest BCUT2D eigenvalue weighted by Gasteiger charge is -2.10. The Hall–Kier alpha value is -2.74. The van der Waals surface area contributed by atoms with E-state index in [9.17, 15) is 0 Å². The number of nitrogens with zero attached hydrogens (tertiary/aromatic N) is 4. The van der Waals surface area contributed by atoms with Crippen LogP contribution >= 0.6 is 0 Å². The smallest absolute Gasteiger partial charge is 0.293 e. The monoisotopic (exact) mass is 312 g/mol. The Morgan fingerprint density at radius 1 is 1.22 bits per heavy atom. The maximum absolute atomic E-state index is 5.24. The number of anilines is 1. The van der Waals surface area contributed by atoms with Crippen molar-refractivity contribution >= 4 is 5.82 Å². The lowest BCUT2D eigenvalue weighted by Crippen LogP contribution is -2.16. The second kappa shape index (κ2) is 6.17. The fraction of sp³-hybridized carbons (Fsp3) is 0.333. The first-order chi connectivity index (χ1) is 11.4. The Bertz CT molecular complexity index is 783. The largest absolute Gasteiger partial charge is 0.459 e. The van der Waals surface area contributed by atoms with E-state index in [1.54, 1.807) is 24.7 Å². The van der Waals surface area contributed by atoms with Gasteiger partial charge in [-0.15, -0.1) is 0 Å². The lowest BCUT2D eigenvalue weighted by atomic mass is 10.1. The first-order valence-corrected chi connectivity index (χ1v) is 7.54. The van der Waals surface area contributed by atoms with E-state index in [1.165, 1.54) is 0 Å². The van der Waals surface area contributed by atoms with E-state index in [4.69, 9.17) is 8.94 Å². The van der Waals surface area contributed by atoms with Crippen molar-refractivity contribution in [2.24, 2.45) is 0 Å². The molecule has 1 aliphatic rings. The number of aromatic nitrogens is 4. The first kappa shape index (κ1) is 13.9. The van der Waals surface area contributed by atoms with Gasteiger partial charge < -0.3 is 19.6 Å². The highest BCUT2D eigenvalue weighted by molar-refractivity contribution is 5.47. The predicted octanol–water partition coefficient (Wildman–Crippen LogP) is 1.42. The molecule has 0 radical (unpaired) electrons. The number of nitrogens with one attached hydrogen (secondary N) is 2. The molecule has 0 fully saturated rings. The van der Waals surface area contributed by atoms with Crippen molar-refractivity contribution in [1.82, 2.24) is 25.4 Å². The van der Waals surface area contributed by atoms with Gasteiger partial charge in [0.1, 0.15) is 12.1 Å². The minimum atomic E-state index is 0.373. The third-order valence-corrected chi connectivity index (χ3v) is 3.74. The van der Waals surface area contributed by atoms with Gasteiger partial charge in [0.25, 0.3) is 5.89 Å². The topological polar surface area (TPSA) is 102 Å². The van der Waals surface area contributed by atoms with E-state index in [2.05, 4.69) is 30.7 Å². The first-order valence-electron chi connectivity index (χ1n) is 7.54. The second-order valence-corrected chi connectivity index (χ2v) is 5.24. The Balaban J connectivity index is 1.49. The molecular formula is C15H16N6O2. The van der Waals surface area contributed by atoms with Crippen LogP contribution in [0.15, 0.2) is 33.7 Å². The van der Waals surface area contributed by atoms with Gasteiger partial charge in [0.05, 0.1) is 18.5 Å². The van der Waals surface area contributed by atoms with E-state index in [0.29, 0.717) is 24.0 Å². The predicted molar refractivity (Wildman–Crippen MR) is 81.6 cm³/mol. The molecule has 1 aliphatic heterocycles. The van der Waals surface area contributed by atoms with Gasteiger partial charge >= 0.3 is 0 Å². The highest BCUT2D eigenvalue weighted by Gasteiger charge is 2.15. The summed E-state index contributed by atoms with van der Waals surface area (Å²) in [5, 5.41) is 10.6. The van der Waals surface area contributed by atoms with Crippen molar-refractivity contribution in [3.05, 3.63) is 41.8 Å². The molecule has 8 heteroatoms. The zero-order valence-electron chi connectivity index (χ0n) is 12.5. The standard InChI is InChI=1S/C15H16N6O2/c1-2-12(22-7-1)15-20-13(21-23-15)8-17-14-10-3-5-16-6-4-11(10)18-9-19-14/h1-2,7,9,16H,3-6,8H2,(H,17,18,19). The Morgan fingerprint density at radius 2 is 2.17 bits per heavy atom. The van der Waals surface area contributed by atoms with E-state index in [-0.39, 0.29) is 0 Å². The van der Waals surface area contributed by atoms with Crippen LogP contribution in [0.25, 0.3) is 11.7 Å². The molecule has 8 nitrogen and oxygen atoms in total. The van der Waals surface area contributed by atoms with Crippen molar-refractivity contribution in [1.29, 1.82) is 0 Å². The molecule has 4 rings (SSSR count). The Labute approximate surface area is 132 Å². The van der Waals surface area contributed by atoms with Crippen LogP contribution in [0.5, 0.6) is 0 Å². The summed E-state index contributed by atoms with van der Waals surface area (Å²) in [6, 6.07) is 3.56. The molecule has 0 saturated heterocycles. The second-order valence-electron chi connectivity index (χ2n) is 5.24. The lowest BCUT2D eigenvalue weighted by molar-refractivity contribution is 0.410. The number of furan rings is 1. The van der Waals surface area contributed by atoms with Crippen LogP contribution in [-0.2, 0) is 19.4 Å². The SMILES string of the molecule is c1coc(-c2nc(CNc3ncnc4c3CCNCC4)no2)c1. The summed E-state index contributed by atoms with van der Waals surface area (Å²) in [5.41, 5.74) is 2.25. The summed E-state index contributed by atoms with van der Waals surface area (Å²) in [7, 11) is 0. The van der Waals surface area contributed by atoms with E-state index in [1.807, 2.05) is 0 Å². The van der Waals surface area contributed by atoms with Crippen LogP contribution in [0.2, 0.25) is 0 Å². The van der Waals surface area contributed by atoms with Crippen LogP contribution in [0.3, 0.4) is 0 Å². The Kier molecular flexibility index (Phi) is 3.73. The quantitative estimate of drug-likeness (QED) is 0.746. The van der Waals surface area contributed by atoms with Crippen molar-refractivity contribution in [3.63, 3.8) is 0 Å². The van der Waals surface area contributed by atoms with Gasteiger partial charge in [0.15, 0.2) is 11.6 Å². The van der Waals surface area contributed by atoms with Gasteiger partial charge in [-0.05, 0) is 25.1 Å². The number of hydrogen-bond acceptors (Lipinski definition) is 8. The molecule has 118 valence electrons.